The molecule has 2 aromatic rings. The van der Waals surface area contributed by atoms with E-state index in [0.29, 0.717) is 5.75 Å². The molecule has 0 atom stereocenters. The number of ether oxygens (including phenoxy) is 1. The standard InChI is InChI=1S/C15H12F2O2/c16-14-7-4-8-15(17)13(14)9-11(18)10-19-12-5-2-1-3-6-12/h1-8H,9-10H2. The van der Waals surface area contributed by atoms with Gasteiger partial charge in [-0.1, -0.05) is 24.3 Å². The van der Waals surface area contributed by atoms with E-state index in [1.807, 2.05) is 6.07 Å². The second kappa shape index (κ2) is 6.09. The summed E-state index contributed by atoms with van der Waals surface area (Å²) in [4.78, 5) is 11.6. The molecular formula is C15H12F2O2. The van der Waals surface area contributed by atoms with Gasteiger partial charge in [-0.2, -0.15) is 0 Å². The Kier molecular flexibility index (Phi) is 4.23. The maximum atomic E-state index is 13.3. The van der Waals surface area contributed by atoms with Gasteiger partial charge in [-0.25, -0.2) is 8.78 Å². The quantitative estimate of drug-likeness (QED) is 0.827. The number of benzene rings is 2. The highest BCUT2D eigenvalue weighted by molar-refractivity contribution is 5.82. The summed E-state index contributed by atoms with van der Waals surface area (Å²) in [6, 6.07) is 12.3. The Morgan fingerprint density at radius 1 is 0.947 bits per heavy atom. The lowest BCUT2D eigenvalue weighted by atomic mass is 10.1. The predicted molar refractivity (Wildman–Crippen MR) is 67.0 cm³/mol. The van der Waals surface area contributed by atoms with Crippen molar-refractivity contribution in [2.75, 3.05) is 6.61 Å². The highest BCUT2D eigenvalue weighted by Crippen LogP contribution is 2.13. The third kappa shape index (κ3) is 3.61. The van der Waals surface area contributed by atoms with Crippen molar-refractivity contribution < 1.29 is 18.3 Å². The first-order chi connectivity index (χ1) is 9.16. The van der Waals surface area contributed by atoms with Crippen molar-refractivity contribution in [3.8, 4) is 5.75 Å². The molecule has 19 heavy (non-hydrogen) atoms. The topological polar surface area (TPSA) is 26.3 Å². The monoisotopic (exact) mass is 262 g/mol. The van der Waals surface area contributed by atoms with Gasteiger partial charge in [-0.3, -0.25) is 4.79 Å². The molecule has 0 fully saturated rings. The number of Topliss-reactive ketones (excluding diaryl/α,β-unsaturated/α-hetero) is 1. The molecule has 0 amide bonds. The molecule has 0 aliphatic heterocycles. The van der Waals surface area contributed by atoms with Crippen LogP contribution in [0.25, 0.3) is 0 Å². The molecule has 98 valence electrons. The van der Waals surface area contributed by atoms with Gasteiger partial charge in [0, 0.05) is 12.0 Å². The van der Waals surface area contributed by atoms with Crippen LogP contribution in [-0.2, 0) is 11.2 Å². The van der Waals surface area contributed by atoms with Crippen LogP contribution in [0.15, 0.2) is 48.5 Å². The van der Waals surface area contributed by atoms with Gasteiger partial charge in [0.25, 0.3) is 0 Å². The zero-order chi connectivity index (χ0) is 13.7. The lowest BCUT2D eigenvalue weighted by molar-refractivity contribution is -0.120. The number of hydrogen-bond acceptors (Lipinski definition) is 2. The fourth-order valence-electron chi connectivity index (χ4n) is 1.63. The molecule has 2 rings (SSSR count). The van der Waals surface area contributed by atoms with Crippen molar-refractivity contribution in [2.45, 2.75) is 6.42 Å². The van der Waals surface area contributed by atoms with Crippen LogP contribution in [0, 0.1) is 11.6 Å². The van der Waals surface area contributed by atoms with E-state index in [-0.39, 0.29) is 24.4 Å². The third-order valence-electron chi connectivity index (χ3n) is 2.58. The summed E-state index contributed by atoms with van der Waals surface area (Å²) >= 11 is 0. The molecule has 2 nitrogen and oxygen atoms in total. The molecule has 0 spiro atoms. The molecule has 0 heterocycles. The Morgan fingerprint density at radius 3 is 2.21 bits per heavy atom. The van der Waals surface area contributed by atoms with Crippen LogP contribution >= 0.6 is 0 Å². The number of ketones is 1. The molecule has 0 bridgehead atoms. The van der Waals surface area contributed by atoms with Crippen LogP contribution in [0.2, 0.25) is 0 Å². The molecule has 4 heteroatoms. The van der Waals surface area contributed by atoms with Crippen molar-refractivity contribution in [3.05, 3.63) is 65.7 Å². The van der Waals surface area contributed by atoms with Crippen LogP contribution in [-0.4, -0.2) is 12.4 Å². The van der Waals surface area contributed by atoms with Gasteiger partial charge in [-0.15, -0.1) is 0 Å². The minimum Gasteiger partial charge on any atom is -0.486 e. The van der Waals surface area contributed by atoms with Crippen molar-refractivity contribution in [3.63, 3.8) is 0 Å². The third-order valence-corrected chi connectivity index (χ3v) is 2.58. The SMILES string of the molecule is O=C(COc1ccccc1)Cc1c(F)cccc1F. The molecule has 0 N–H and O–H groups in total. The summed E-state index contributed by atoms with van der Waals surface area (Å²) in [6.07, 6.45) is -0.314. The van der Waals surface area contributed by atoms with Gasteiger partial charge >= 0.3 is 0 Å². The van der Waals surface area contributed by atoms with E-state index in [0.717, 1.165) is 12.1 Å². The average molecular weight is 262 g/mol. The Labute approximate surface area is 109 Å². The minimum absolute atomic E-state index is 0.211. The second-order valence-electron chi connectivity index (χ2n) is 4.02. The Hall–Kier alpha value is -2.23. The number of halogens is 2. The first-order valence-corrected chi connectivity index (χ1v) is 5.79. The van der Waals surface area contributed by atoms with Gasteiger partial charge in [0.05, 0.1) is 0 Å². The van der Waals surface area contributed by atoms with Crippen LogP contribution in [0.1, 0.15) is 5.56 Å². The lowest BCUT2D eigenvalue weighted by Crippen LogP contribution is -2.15. The van der Waals surface area contributed by atoms with E-state index in [2.05, 4.69) is 0 Å². The number of carbonyl (C=O) groups is 1. The molecule has 0 unspecified atom stereocenters. The van der Waals surface area contributed by atoms with Crippen LogP contribution in [0.4, 0.5) is 8.78 Å². The summed E-state index contributed by atoms with van der Waals surface area (Å²) < 4.78 is 31.9. The Balaban J connectivity index is 1.95. The lowest BCUT2D eigenvalue weighted by Gasteiger charge is -2.06. The van der Waals surface area contributed by atoms with E-state index in [4.69, 9.17) is 4.74 Å². The van der Waals surface area contributed by atoms with Gasteiger partial charge in [-0.05, 0) is 24.3 Å². The first kappa shape index (κ1) is 13.2. The summed E-state index contributed by atoms with van der Waals surface area (Å²) in [6.45, 7) is -0.211. The van der Waals surface area contributed by atoms with E-state index < -0.39 is 11.6 Å². The predicted octanol–water partition coefficient (Wildman–Crippen LogP) is 3.16. The van der Waals surface area contributed by atoms with Crippen molar-refractivity contribution >= 4 is 5.78 Å². The van der Waals surface area contributed by atoms with E-state index in [1.54, 1.807) is 24.3 Å². The molecule has 0 radical (unpaired) electrons. The molecule has 0 saturated carbocycles. The summed E-state index contributed by atoms with van der Waals surface area (Å²) in [5, 5.41) is 0. The smallest absolute Gasteiger partial charge is 0.174 e. The Bertz CT molecular complexity index is 547. The maximum Gasteiger partial charge on any atom is 0.174 e. The van der Waals surface area contributed by atoms with E-state index >= 15 is 0 Å². The molecule has 2 aromatic carbocycles. The number of carbonyl (C=O) groups excluding carboxylic acids is 1. The second-order valence-corrected chi connectivity index (χ2v) is 4.02. The highest BCUT2D eigenvalue weighted by Gasteiger charge is 2.13. The van der Waals surface area contributed by atoms with Crippen molar-refractivity contribution in [1.82, 2.24) is 0 Å². The van der Waals surface area contributed by atoms with Crippen LogP contribution in [0.3, 0.4) is 0 Å². The van der Waals surface area contributed by atoms with Crippen LogP contribution < -0.4 is 4.74 Å². The van der Waals surface area contributed by atoms with Gasteiger partial charge in [0.15, 0.2) is 5.78 Å². The van der Waals surface area contributed by atoms with Gasteiger partial charge in [0.1, 0.15) is 24.0 Å². The molecule has 0 aliphatic rings. The molecule has 0 saturated heterocycles. The van der Waals surface area contributed by atoms with Crippen LogP contribution in [0.5, 0.6) is 5.75 Å². The molecule has 0 aliphatic carbocycles. The average Bonchev–Trinajstić information content (AvgIpc) is 2.42. The van der Waals surface area contributed by atoms with Crippen molar-refractivity contribution in [2.24, 2.45) is 0 Å². The minimum atomic E-state index is -0.715. The summed E-state index contributed by atoms with van der Waals surface area (Å²) in [5.74, 6) is -1.26. The summed E-state index contributed by atoms with van der Waals surface area (Å²) in [5.41, 5.74) is -0.218. The first-order valence-electron chi connectivity index (χ1n) is 5.79. The van der Waals surface area contributed by atoms with Gasteiger partial charge < -0.3 is 4.74 Å². The zero-order valence-corrected chi connectivity index (χ0v) is 10.1. The maximum absolute atomic E-state index is 13.3. The fourth-order valence-corrected chi connectivity index (χ4v) is 1.63. The number of hydrogen-bond donors (Lipinski definition) is 0. The highest BCUT2D eigenvalue weighted by atomic mass is 19.1. The number of rotatable bonds is 5. The fraction of sp³-hybridized carbons (Fsp3) is 0.133. The Morgan fingerprint density at radius 2 is 1.58 bits per heavy atom. The molecular weight excluding hydrogens is 250 g/mol. The largest absolute Gasteiger partial charge is 0.486 e. The van der Waals surface area contributed by atoms with E-state index in [1.165, 1.54) is 6.07 Å². The number of para-hydroxylation sites is 1. The normalized spacial score (nSPS) is 10.2. The van der Waals surface area contributed by atoms with E-state index in [9.17, 15) is 13.6 Å². The van der Waals surface area contributed by atoms with Crippen molar-refractivity contribution in [1.29, 1.82) is 0 Å². The molecule has 0 aromatic heterocycles. The zero-order valence-electron chi connectivity index (χ0n) is 10.1. The van der Waals surface area contributed by atoms with Gasteiger partial charge in [0.2, 0.25) is 0 Å². The summed E-state index contributed by atoms with van der Waals surface area (Å²) in [7, 11) is 0.